The summed E-state index contributed by atoms with van der Waals surface area (Å²) in [6.07, 6.45) is 3.77. The molecule has 1 heterocycles. The molecular weight excluding hydrogens is 257 g/mol. The number of likely N-dealkylation sites (tertiary alicyclic amines) is 1. The third-order valence-corrected chi connectivity index (χ3v) is 4.06. The van der Waals surface area contributed by atoms with Crippen LogP contribution in [0.25, 0.3) is 0 Å². The van der Waals surface area contributed by atoms with Crippen LogP contribution in [-0.4, -0.2) is 36.6 Å². The number of hydrogen-bond acceptors (Lipinski definition) is 2. The molecule has 1 saturated heterocycles. The number of carbonyl (C=O) groups excluding carboxylic acids is 1. The lowest BCUT2D eigenvalue weighted by atomic mass is 10.1. The number of ether oxygens (including phenoxy) is 1. The van der Waals surface area contributed by atoms with Crippen molar-refractivity contribution in [3.63, 3.8) is 0 Å². The molecule has 0 aromatic heterocycles. The SMILES string of the molecule is O=C(Cc1ccccc1F)N1CCC(OCC2CC2)C1. The van der Waals surface area contributed by atoms with Gasteiger partial charge in [-0.2, -0.15) is 0 Å². The fraction of sp³-hybridized carbons (Fsp3) is 0.562. The first-order valence-electron chi connectivity index (χ1n) is 7.35. The van der Waals surface area contributed by atoms with Gasteiger partial charge in [-0.1, -0.05) is 18.2 Å². The van der Waals surface area contributed by atoms with Gasteiger partial charge in [0.2, 0.25) is 5.91 Å². The van der Waals surface area contributed by atoms with Gasteiger partial charge in [0.15, 0.2) is 0 Å². The number of carbonyl (C=O) groups is 1. The third-order valence-electron chi connectivity index (χ3n) is 4.06. The summed E-state index contributed by atoms with van der Waals surface area (Å²) in [5.74, 6) is 0.437. The molecule has 1 aliphatic heterocycles. The van der Waals surface area contributed by atoms with Crippen LogP contribution >= 0.6 is 0 Å². The average molecular weight is 277 g/mol. The maximum Gasteiger partial charge on any atom is 0.227 e. The second-order valence-corrected chi connectivity index (χ2v) is 5.80. The number of nitrogens with zero attached hydrogens (tertiary/aromatic N) is 1. The van der Waals surface area contributed by atoms with Gasteiger partial charge in [-0.3, -0.25) is 4.79 Å². The zero-order chi connectivity index (χ0) is 13.9. The van der Waals surface area contributed by atoms with Crippen molar-refractivity contribution in [2.75, 3.05) is 19.7 Å². The maximum absolute atomic E-state index is 13.5. The Hall–Kier alpha value is -1.42. The molecule has 0 bridgehead atoms. The van der Waals surface area contributed by atoms with Crippen molar-refractivity contribution in [1.82, 2.24) is 4.90 Å². The highest BCUT2D eigenvalue weighted by molar-refractivity contribution is 5.79. The smallest absolute Gasteiger partial charge is 0.227 e. The molecule has 1 aromatic carbocycles. The number of benzene rings is 1. The minimum absolute atomic E-state index is 0.00683. The van der Waals surface area contributed by atoms with Crippen LogP contribution in [0.1, 0.15) is 24.8 Å². The van der Waals surface area contributed by atoms with Crippen LogP contribution in [0.2, 0.25) is 0 Å². The first-order chi connectivity index (χ1) is 9.72. The van der Waals surface area contributed by atoms with Gasteiger partial charge in [0.25, 0.3) is 0 Å². The highest BCUT2D eigenvalue weighted by atomic mass is 19.1. The molecule has 2 aliphatic rings. The van der Waals surface area contributed by atoms with Gasteiger partial charge in [-0.25, -0.2) is 4.39 Å². The van der Waals surface area contributed by atoms with Gasteiger partial charge < -0.3 is 9.64 Å². The van der Waals surface area contributed by atoms with Crippen LogP contribution in [0.5, 0.6) is 0 Å². The summed E-state index contributed by atoms with van der Waals surface area (Å²) >= 11 is 0. The second-order valence-electron chi connectivity index (χ2n) is 5.80. The molecule has 1 unspecified atom stereocenters. The van der Waals surface area contributed by atoms with Gasteiger partial charge in [0.05, 0.1) is 12.5 Å². The minimum Gasteiger partial charge on any atom is -0.376 e. The molecule has 1 amide bonds. The van der Waals surface area contributed by atoms with Gasteiger partial charge >= 0.3 is 0 Å². The predicted octanol–water partition coefficient (Wildman–Crippen LogP) is 2.40. The normalized spacial score (nSPS) is 22.2. The lowest BCUT2D eigenvalue weighted by Crippen LogP contribution is -2.31. The molecule has 3 nitrogen and oxygen atoms in total. The van der Waals surface area contributed by atoms with Crippen LogP contribution < -0.4 is 0 Å². The van der Waals surface area contributed by atoms with E-state index in [0.29, 0.717) is 12.1 Å². The highest BCUT2D eigenvalue weighted by Gasteiger charge is 2.29. The van der Waals surface area contributed by atoms with E-state index in [-0.39, 0.29) is 24.2 Å². The Morgan fingerprint density at radius 1 is 1.30 bits per heavy atom. The van der Waals surface area contributed by atoms with Crippen LogP contribution in [0.15, 0.2) is 24.3 Å². The summed E-state index contributed by atoms with van der Waals surface area (Å²) in [6.45, 7) is 2.21. The summed E-state index contributed by atoms with van der Waals surface area (Å²) in [4.78, 5) is 14.0. The van der Waals surface area contributed by atoms with Crippen molar-refractivity contribution < 1.29 is 13.9 Å². The Morgan fingerprint density at radius 2 is 2.10 bits per heavy atom. The lowest BCUT2D eigenvalue weighted by Gasteiger charge is -2.17. The third kappa shape index (κ3) is 3.37. The largest absolute Gasteiger partial charge is 0.376 e. The summed E-state index contributed by atoms with van der Waals surface area (Å²) in [5, 5.41) is 0. The quantitative estimate of drug-likeness (QED) is 0.827. The molecule has 2 fully saturated rings. The molecule has 0 spiro atoms. The number of hydrogen-bond donors (Lipinski definition) is 0. The van der Waals surface area contributed by atoms with Crippen molar-refractivity contribution in [3.8, 4) is 0 Å². The average Bonchev–Trinajstić information content (AvgIpc) is 3.15. The van der Waals surface area contributed by atoms with E-state index >= 15 is 0 Å². The fourth-order valence-corrected chi connectivity index (χ4v) is 2.56. The van der Waals surface area contributed by atoms with Gasteiger partial charge in [-0.15, -0.1) is 0 Å². The van der Waals surface area contributed by atoms with E-state index in [2.05, 4.69) is 0 Å². The molecule has 1 atom stereocenters. The Morgan fingerprint density at radius 3 is 2.85 bits per heavy atom. The lowest BCUT2D eigenvalue weighted by molar-refractivity contribution is -0.130. The second kappa shape index (κ2) is 5.92. The molecule has 108 valence electrons. The Labute approximate surface area is 118 Å². The van der Waals surface area contributed by atoms with E-state index in [4.69, 9.17) is 4.74 Å². The molecule has 3 rings (SSSR count). The molecule has 0 N–H and O–H groups in total. The summed E-state index contributed by atoms with van der Waals surface area (Å²) in [5.41, 5.74) is 0.472. The molecule has 1 saturated carbocycles. The van der Waals surface area contributed by atoms with Gasteiger partial charge in [-0.05, 0) is 36.8 Å². The molecule has 4 heteroatoms. The minimum atomic E-state index is -0.304. The molecule has 1 aromatic rings. The Kier molecular flexibility index (Phi) is 4.01. The van der Waals surface area contributed by atoms with Crippen molar-refractivity contribution in [1.29, 1.82) is 0 Å². The predicted molar refractivity (Wildman–Crippen MR) is 73.8 cm³/mol. The van der Waals surface area contributed by atoms with Crippen LogP contribution in [0.4, 0.5) is 4.39 Å². The Bertz CT molecular complexity index is 487. The van der Waals surface area contributed by atoms with Crippen molar-refractivity contribution in [2.24, 2.45) is 5.92 Å². The molecular formula is C16H20FNO2. The van der Waals surface area contributed by atoms with E-state index in [1.54, 1.807) is 23.1 Å². The molecule has 20 heavy (non-hydrogen) atoms. The first kappa shape index (κ1) is 13.6. The van der Waals surface area contributed by atoms with E-state index in [1.807, 2.05) is 0 Å². The van der Waals surface area contributed by atoms with Gasteiger partial charge in [0.1, 0.15) is 5.82 Å². The van der Waals surface area contributed by atoms with E-state index < -0.39 is 0 Å². The van der Waals surface area contributed by atoms with Crippen LogP contribution in [-0.2, 0) is 16.0 Å². The monoisotopic (exact) mass is 277 g/mol. The number of rotatable bonds is 5. The van der Waals surface area contributed by atoms with E-state index in [0.717, 1.165) is 25.5 Å². The van der Waals surface area contributed by atoms with Crippen molar-refractivity contribution in [2.45, 2.75) is 31.8 Å². The van der Waals surface area contributed by atoms with E-state index in [1.165, 1.54) is 18.9 Å². The zero-order valence-corrected chi connectivity index (χ0v) is 11.6. The molecule has 0 radical (unpaired) electrons. The molecule has 1 aliphatic carbocycles. The standard InChI is InChI=1S/C16H20FNO2/c17-15-4-2-1-3-13(15)9-16(19)18-8-7-14(10-18)20-11-12-5-6-12/h1-4,12,14H,5-11H2. The van der Waals surface area contributed by atoms with Gasteiger partial charge in [0, 0.05) is 19.7 Å². The fourth-order valence-electron chi connectivity index (χ4n) is 2.56. The highest BCUT2D eigenvalue weighted by Crippen LogP contribution is 2.30. The topological polar surface area (TPSA) is 29.5 Å². The first-order valence-corrected chi connectivity index (χ1v) is 7.35. The summed E-state index contributed by atoms with van der Waals surface area (Å²) < 4.78 is 19.3. The number of halogens is 1. The zero-order valence-electron chi connectivity index (χ0n) is 11.6. The Balaban J connectivity index is 1.49. The van der Waals surface area contributed by atoms with Crippen molar-refractivity contribution in [3.05, 3.63) is 35.6 Å². The summed E-state index contributed by atoms with van der Waals surface area (Å²) in [6, 6.07) is 6.47. The van der Waals surface area contributed by atoms with Crippen molar-refractivity contribution >= 4 is 5.91 Å². The van der Waals surface area contributed by atoms with Crippen LogP contribution in [0, 0.1) is 11.7 Å². The van der Waals surface area contributed by atoms with E-state index in [9.17, 15) is 9.18 Å². The maximum atomic E-state index is 13.5. The summed E-state index contributed by atoms with van der Waals surface area (Å²) in [7, 11) is 0. The number of amides is 1. The van der Waals surface area contributed by atoms with Crippen LogP contribution in [0.3, 0.4) is 0 Å².